The normalized spacial score (nSPS) is 11.3. The third kappa shape index (κ3) is 1.80. The van der Waals surface area contributed by atoms with E-state index in [9.17, 15) is 4.79 Å². The molecule has 0 saturated carbocycles. The molecule has 0 bridgehead atoms. The highest BCUT2D eigenvalue weighted by molar-refractivity contribution is 6.01. The summed E-state index contributed by atoms with van der Waals surface area (Å²) in [5.41, 5.74) is 7.00. The fourth-order valence-corrected chi connectivity index (χ4v) is 1.50. The molecule has 0 atom stereocenters. The molecular formula is C11H11N3O2. The molecular weight excluding hydrogens is 206 g/mol. The van der Waals surface area contributed by atoms with Gasteiger partial charge in [0.2, 0.25) is 0 Å². The van der Waals surface area contributed by atoms with Gasteiger partial charge in [0.25, 0.3) is 0 Å². The monoisotopic (exact) mass is 217 g/mol. The number of nitrogens with one attached hydrogen (secondary N) is 1. The summed E-state index contributed by atoms with van der Waals surface area (Å²) < 4.78 is 0. The molecule has 2 rings (SSSR count). The van der Waals surface area contributed by atoms with E-state index in [0.717, 1.165) is 5.56 Å². The lowest BCUT2D eigenvalue weighted by Crippen LogP contribution is -1.96. The second kappa shape index (κ2) is 4.16. The van der Waals surface area contributed by atoms with Crippen LogP contribution < -0.4 is 5.73 Å². The minimum absolute atomic E-state index is 0.0398. The number of carbonyl (C=O) groups is 1. The maximum absolute atomic E-state index is 10.9. The molecule has 0 aliphatic carbocycles. The van der Waals surface area contributed by atoms with Crippen LogP contribution in [-0.4, -0.2) is 27.8 Å². The number of aromatic amines is 1. The number of carboxylic acid groups (broad SMARTS) is 1. The van der Waals surface area contributed by atoms with Crippen molar-refractivity contribution in [3.8, 4) is 0 Å². The highest BCUT2D eigenvalue weighted by atomic mass is 16.4. The van der Waals surface area contributed by atoms with Crippen molar-refractivity contribution in [1.29, 1.82) is 0 Å². The largest absolute Gasteiger partial charge is 0.476 e. The van der Waals surface area contributed by atoms with Crippen molar-refractivity contribution >= 4 is 22.9 Å². The Morgan fingerprint density at radius 2 is 2.38 bits per heavy atom. The number of rotatable bonds is 3. The minimum Gasteiger partial charge on any atom is -0.476 e. The third-order valence-corrected chi connectivity index (χ3v) is 2.24. The van der Waals surface area contributed by atoms with Crippen LogP contribution in [0.5, 0.6) is 0 Å². The molecule has 0 fully saturated rings. The topological polar surface area (TPSA) is 92.0 Å². The van der Waals surface area contributed by atoms with E-state index in [2.05, 4.69) is 10.2 Å². The van der Waals surface area contributed by atoms with Gasteiger partial charge >= 0.3 is 5.97 Å². The summed E-state index contributed by atoms with van der Waals surface area (Å²) in [6.45, 7) is 0.454. The molecule has 4 N–H and O–H groups in total. The van der Waals surface area contributed by atoms with Crippen molar-refractivity contribution in [2.45, 2.75) is 0 Å². The molecule has 0 radical (unpaired) electrons. The van der Waals surface area contributed by atoms with Gasteiger partial charge in [-0.3, -0.25) is 5.10 Å². The Balaban J connectivity index is 2.54. The standard InChI is InChI=1S/C11H11N3O2/c12-5-1-2-7-3-4-9-8(6-7)10(11(15)16)14-13-9/h1-4,6H,5,12H2,(H,13,14)(H,15,16). The number of benzene rings is 1. The van der Waals surface area contributed by atoms with E-state index in [0.29, 0.717) is 17.4 Å². The predicted molar refractivity (Wildman–Crippen MR) is 61.1 cm³/mol. The molecule has 2 aromatic rings. The first-order valence-electron chi connectivity index (χ1n) is 4.80. The number of nitrogens with zero attached hydrogens (tertiary/aromatic N) is 1. The molecule has 0 saturated heterocycles. The summed E-state index contributed by atoms with van der Waals surface area (Å²) in [6, 6.07) is 5.44. The van der Waals surface area contributed by atoms with E-state index < -0.39 is 5.97 Å². The van der Waals surface area contributed by atoms with Crippen molar-refractivity contribution in [1.82, 2.24) is 10.2 Å². The SMILES string of the molecule is NCC=Cc1ccc2[nH]nc(C(=O)O)c2c1. The zero-order valence-corrected chi connectivity index (χ0v) is 8.47. The Morgan fingerprint density at radius 1 is 1.56 bits per heavy atom. The lowest BCUT2D eigenvalue weighted by Gasteiger charge is -1.94. The number of H-pyrrole nitrogens is 1. The van der Waals surface area contributed by atoms with Crippen LogP contribution in [-0.2, 0) is 0 Å². The third-order valence-electron chi connectivity index (χ3n) is 2.24. The van der Waals surface area contributed by atoms with Crippen LogP contribution in [0.1, 0.15) is 16.1 Å². The molecule has 5 nitrogen and oxygen atoms in total. The smallest absolute Gasteiger partial charge is 0.357 e. The van der Waals surface area contributed by atoms with Gasteiger partial charge in [-0.1, -0.05) is 18.2 Å². The number of aromatic carboxylic acids is 1. The van der Waals surface area contributed by atoms with Gasteiger partial charge in [0.1, 0.15) is 0 Å². The first-order chi connectivity index (χ1) is 7.72. The molecule has 1 aromatic carbocycles. The van der Waals surface area contributed by atoms with E-state index in [4.69, 9.17) is 10.8 Å². The summed E-state index contributed by atoms with van der Waals surface area (Å²) in [5, 5.41) is 15.9. The van der Waals surface area contributed by atoms with Crippen molar-refractivity contribution in [2.24, 2.45) is 5.73 Å². The number of nitrogens with two attached hydrogens (primary N) is 1. The highest BCUT2D eigenvalue weighted by Gasteiger charge is 2.12. The van der Waals surface area contributed by atoms with Gasteiger partial charge in [0, 0.05) is 11.9 Å². The van der Waals surface area contributed by atoms with Crippen LogP contribution in [0.2, 0.25) is 0 Å². The molecule has 16 heavy (non-hydrogen) atoms. The highest BCUT2D eigenvalue weighted by Crippen LogP contribution is 2.18. The molecule has 0 aliphatic heterocycles. The Morgan fingerprint density at radius 3 is 3.06 bits per heavy atom. The molecule has 1 aromatic heterocycles. The van der Waals surface area contributed by atoms with Crippen LogP contribution in [0.15, 0.2) is 24.3 Å². The van der Waals surface area contributed by atoms with Crippen molar-refractivity contribution < 1.29 is 9.90 Å². The average Bonchev–Trinajstić information content (AvgIpc) is 2.69. The summed E-state index contributed by atoms with van der Waals surface area (Å²) in [5.74, 6) is -1.04. The number of carboxylic acids is 1. The Bertz CT molecular complexity index is 557. The second-order valence-electron chi connectivity index (χ2n) is 3.32. The first-order valence-corrected chi connectivity index (χ1v) is 4.80. The summed E-state index contributed by atoms with van der Waals surface area (Å²) in [4.78, 5) is 10.9. The average molecular weight is 217 g/mol. The minimum atomic E-state index is -1.04. The van der Waals surface area contributed by atoms with Gasteiger partial charge in [-0.2, -0.15) is 5.10 Å². The number of hydrogen-bond acceptors (Lipinski definition) is 3. The van der Waals surface area contributed by atoms with Gasteiger partial charge in [-0.05, 0) is 17.7 Å². The first kappa shape index (κ1) is 10.4. The number of aromatic nitrogens is 2. The van der Waals surface area contributed by atoms with Crippen molar-refractivity contribution in [2.75, 3.05) is 6.54 Å². The van der Waals surface area contributed by atoms with Gasteiger partial charge in [-0.25, -0.2) is 4.79 Å². The summed E-state index contributed by atoms with van der Waals surface area (Å²) >= 11 is 0. The predicted octanol–water partition coefficient (Wildman–Crippen LogP) is 1.23. The van der Waals surface area contributed by atoms with Crippen LogP contribution in [0.4, 0.5) is 0 Å². The number of fused-ring (bicyclic) bond motifs is 1. The van der Waals surface area contributed by atoms with Crippen molar-refractivity contribution in [3.05, 3.63) is 35.5 Å². The van der Waals surface area contributed by atoms with Crippen LogP contribution >= 0.6 is 0 Å². The van der Waals surface area contributed by atoms with Crippen LogP contribution in [0, 0.1) is 0 Å². The van der Waals surface area contributed by atoms with Crippen LogP contribution in [0.3, 0.4) is 0 Å². The Hall–Kier alpha value is -2.14. The van der Waals surface area contributed by atoms with Crippen molar-refractivity contribution in [3.63, 3.8) is 0 Å². The summed E-state index contributed by atoms with van der Waals surface area (Å²) in [7, 11) is 0. The van der Waals surface area contributed by atoms with Gasteiger partial charge in [0.15, 0.2) is 5.69 Å². The zero-order chi connectivity index (χ0) is 11.5. The van der Waals surface area contributed by atoms with Gasteiger partial charge in [-0.15, -0.1) is 0 Å². The second-order valence-corrected chi connectivity index (χ2v) is 3.32. The fraction of sp³-hybridized carbons (Fsp3) is 0.0909. The Labute approximate surface area is 91.6 Å². The summed E-state index contributed by atoms with van der Waals surface area (Å²) in [6.07, 6.45) is 3.65. The fourth-order valence-electron chi connectivity index (χ4n) is 1.50. The van der Waals surface area contributed by atoms with E-state index in [1.165, 1.54) is 0 Å². The van der Waals surface area contributed by atoms with Crippen LogP contribution in [0.25, 0.3) is 17.0 Å². The maximum Gasteiger partial charge on any atom is 0.357 e. The van der Waals surface area contributed by atoms with E-state index in [1.807, 2.05) is 18.2 Å². The maximum atomic E-state index is 10.9. The lowest BCUT2D eigenvalue weighted by atomic mass is 10.1. The molecule has 0 unspecified atom stereocenters. The lowest BCUT2D eigenvalue weighted by molar-refractivity contribution is 0.0692. The van der Waals surface area contributed by atoms with Gasteiger partial charge < -0.3 is 10.8 Å². The van der Waals surface area contributed by atoms with Gasteiger partial charge in [0.05, 0.1) is 5.52 Å². The molecule has 0 amide bonds. The molecule has 5 heteroatoms. The number of hydrogen-bond donors (Lipinski definition) is 3. The quantitative estimate of drug-likeness (QED) is 0.721. The van der Waals surface area contributed by atoms with E-state index >= 15 is 0 Å². The van der Waals surface area contributed by atoms with E-state index in [1.54, 1.807) is 12.1 Å². The zero-order valence-electron chi connectivity index (χ0n) is 8.47. The molecule has 0 spiro atoms. The molecule has 82 valence electrons. The molecule has 1 heterocycles. The molecule has 0 aliphatic rings. The van der Waals surface area contributed by atoms with E-state index in [-0.39, 0.29) is 5.69 Å². The Kier molecular flexibility index (Phi) is 2.70.